The van der Waals surface area contributed by atoms with Gasteiger partial charge in [-0.05, 0) is 12.5 Å². The van der Waals surface area contributed by atoms with E-state index in [1.807, 2.05) is 24.3 Å². The molecule has 2 heterocycles. The molecule has 9 heteroatoms. The fourth-order valence-electron chi connectivity index (χ4n) is 2.81. The minimum atomic E-state index is -2.96. The first-order valence-corrected chi connectivity index (χ1v) is 9.79. The topological polar surface area (TPSA) is 97.3 Å². The Balaban J connectivity index is 1.69. The summed E-state index contributed by atoms with van der Waals surface area (Å²) in [6.45, 7) is 0.531. The van der Waals surface area contributed by atoms with Crippen LogP contribution in [0.4, 0.5) is 11.8 Å². The molecule has 2 aromatic rings. The maximum absolute atomic E-state index is 11.7. The second-order valence-electron chi connectivity index (χ2n) is 5.97. The lowest BCUT2D eigenvalue weighted by Crippen LogP contribution is -2.34. The lowest BCUT2D eigenvalue weighted by molar-refractivity contribution is 0.410. The Morgan fingerprint density at radius 2 is 2.16 bits per heavy atom. The molecule has 1 fully saturated rings. The number of anilines is 2. The van der Waals surface area contributed by atoms with Gasteiger partial charge in [-0.1, -0.05) is 18.2 Å². The second-order valence-corrected chi connectivity index (χ2v) is 8.20. The Labute approximate surface area is 147 Å². The highest BCUT2D eigenvalue weighted by molar-refractivity contribution is 7.91. The molecule has 1 unspecified atom stereocenters. The maximum Gasteiger partial charge on any atom is 0.247 e. The predicted octanol–water partition coefficient (Wildman–Crippen LogP) is 1.12. The molecule has 0 amide bonds. The summed E-state index contributed by atoms with van der Waals surface area (Å²) in [4.78, 5) is 6.22. The molecule has 1 aromatic heterocycles. The van der Waals surface area contributed by atoms with Gasteiger partial charge in [0.2, 0.25) is 5.95 Å². The molecule has 134 valence electrons. The molecule has 0 spiro atoms. The van der Waals surface area contributed by atoms with Crippen molar-refractivity contribution >= 4 is 21.6 Å². The fourth-order valence-corrected chi connectivity index (χ4v) is 4.58. The van der Waals surface area contributed by atoms with Crippen LogP contribution in [-0.2, 0) is 16.4 Å². The molecule has 1 aliphatic heterocycles. The number of hydrogen-bond acceptors (Lipinski definition) is 8. The molecule has 1 N–H and O–H groups in total. The number of benzene rings is 1. The Kier molecular flexibility index (Phi) is 5.03. The van der Waals surface area contributed by atoms with Crippen LogP contribution < -0.4 is 15.0 Å². The van der Waals surface area contributed by atoms with E-state index in [9.17, 15) is 8.42 Å². The number of nitrogens with one attached hydrogen (secondary N) is 1. The van der Waals surface area contributed by atoms with E-state index in [0.29, 0.717) is 24.7 Å². The summed E-state index contributed by atoms with van der Waals surface area (Å²) in [6.07, 6.45) is 2.12. The molecule has 0 aliphatic carbocycles. The van der Waals surface area contributed by atoms with Crippen LogP contribution in [0.3, 0.4) is 0 Å². The van der Waals surface area contributed by atoms with E-state index in [2.05, 4.69) is 20.5 Å². The molecule has 0 radical (unpaired) electrons. The Hall–Kier alpha value is -2.42. The molecule has 0 bridgehead atoms. The van der Waals surface area contributed by atoms with Crippen molar-refractivity contribution in [1.82, 2.24) is 15.2 Å². The van der Waals surface area contributed by atoms with Gasteiger partial charge in [0.05, 0.1) is 24.8 Å². The first kappa shape index (κ1) is 17.4. The molecule has 3 rings (SSSR count). The first-order valence-electron chi connectivity index (χ1n) is 7.97. The van der Waals surface area contributed by atoms with E-state index in [1.54, 1.807) is 19.1 Å². The van der Waals surface area contributed by atoms with E-state index in [-0.39, 0.29) is 17.5 Å². The van der Waals surface area contributed by atoms with Crippen LogP contribution in [-0.4, -0.2) is 55.3 Å². The van der Waals surface area contributed by atoms with Crippen LogP contribution in [0.2, 0.25) is 0 Å². The zero-order chi connectivity index (χ0) is 17.9. The number of nitrogens with zero attached hydrogens (tertiary/aromatic N) is 4. The van der Waals surface area contributed by atoms with Gasteiger partial charge in [0, 0.05) is 25.2 Å². The number of aromatic nitrogens is 3. The number of rotatable bonds is 6. The molecule has 1 atom stereocenters. The monoisotopic (exact) mass is 363 g/mol. The van der Waals surface area contributed by atoms with Gasteiger partial charge >= 0.3 is 0 Å². The quantitative estimate of drug-likeness (QED) is 0.815. The number of methoxy groups -OCH3 is 1. The van der Waals surface area contributed by atoms with Crippen LogP contribution in [0.15, 0.2) is 30.5 Å². The van der Waals surface area contributed by atoms with Gasteiger partial charge in [-0.3, -0.25) is 0 Å². The highest BCUT2D eigenvalue weighted by Crippen LogP contribution is 2.21. The van der Waals surface area contributed by atoms with Crippen molar-refractivity contribution in [2.24, 2.45) is 0 Å². The fraction of sp³-hybridized carbons (Fsp3) is 0.438. The zero-order valence-electron chi connectivity index (χ0n) is 14.2. The Morgan fingerprint density at radius 1 is 1.36 bits per heavy atom. The summed E-state index contributed by atoms with van der Waals surface area (Å²) in [5.41, 5.74) is 1.00. The van der Waals surface area contributed by atoms with Crippen molar-refractivity contribution in [2.75, 3.05) is 35.9 Å². The van der Waals surface area contributed by atoms with Crippen LogP contribution >= 0.6 is 0 Å². The summed E-state index contributed by atoms with van der Waals surface area (Å²) in [5, 5.41) is 11.2. The molecular weight excluding hydrogens is 342 g/mol. The average Bonchev–Trinajstić information content (AvgIpc) is 2.99. The van der Waals surface area contributed by atoms with Gasteiger partial charge in [0.1, 0.15) is 5.75 Å². The van der Waals surface area contributed by atoms with Crippen LogP contribution in [0.5, 0.6) is 5.75 Å². The van der Waals surface area contributed by atoms with Gasteiger partial charge < -0.3 is 15.0 Å². The van der Waals surface area contributed by atoms with Crippen molar-refractivity contribution in [3.05, 3.63) is 36.0 Å². The zero-order valence-corrected chi connectivity index (χ0v) is 15.0. The van der Waals surface area contributed by atoms with Gasteiger partial charge in [-0.2, -0.15) is 10.1 Å². The molecular formula is C16H21N5O3S. The van der Waals surface area contributed by atoms with E-state index >= 15 is 0 Å². The number of para-hydroxylation sites is 1. The average molecular weight is 363 g/mol. The summed E-state index contributed by atoms with van der Waals surface area (Å²) >= 11 is 0. The van der Waals surface area contributed by atoms with E-state index in [4.69, 9.17) is 4.74 Å². The molecule has 1 aromatic carbocycles. The Bertz CT molecular complexity index is 843. The molecule has 1 aliphatic rings. The van der Waals surface area contributed by atoms with E-state index < -0.39 is 9.84 Å². The number of hydrogen-bond donors (Lipinski definition) is 1. The minimum absolute atomic E-state index is 0.115. The second kappa shape index (κ2) is 7.22. The van der Waals surface area contributed by atoms with Crippen LogP contribution in [0.1, 0.15) is 12.0 Å². The molecule has 1 saturated heterocycles. The third kappa shape index (κ3) is 4.16. The summed E-state index contributed by atoms with van der Waals surface area (Å²) in [6, 6.07) is 7.61. The lowest BCUT2D eigenvalue weighted by atomic mass is 10.2. The normalized spacial score (nSPS) is 18.7. The van der Waals surface area contributed by atoms with Crippen molar-refractivity contribution < 1.29 is 13.2 Å². The SMILES string of the molecule is COc1ccccc1CNc1cnnc(N(C)C2CCS(=O)(=O)C2)n1. The third-order valence-corrected chi connectivity index (χ3v) is 6.02. The van der Waals surface area contributed by atoms with Gasteiger partial charge in [0.15, 0.2) is 15.7 Å². The molecule has 8 nitrogen and oxygen atoms in total. The van der Waals surface area contributed by atoms with Crippen molar-refractivity contribution in [3.63, 3.8) is 0 Å². The smallest absolute Gasteiger partial charge is 0.247 e. The summed E-state index contributed by atoms with van der Waals surface area (Å²) < 4.78 is 28.6. The van der Waals surface area contributed by atoms with Crippen molar-refractivity contribution in [2.45, 2.75) is 19.0 Å². The summed E-state index contributed by atoms with van der Waals surface area (Å²) in [5.74, 6) is 2.12. The number of sulfone groups is 1. The summed E-state index contributed by atoms with van der Waals surface area (Å²) in [7, 11) is 0.471. The maximum atomic E-state index is 11.7. The Morgan fingerprint density at radius 3 is 2.88 bits per heavy atom. The largest absolute Gasteiger partial charge is 0.496 e. The van der Waals surface area contributed by atoms with Crippen LogP contribution in [0, 0.1) is 0 Å². The highest BCUT2D eigenvalue weighted by Gasteiger charge is 2.31. The molecule has 0 saturated carbocycles. The lowest BCUT2D eigenvalue weighted by Gasteiger charge is -2.23. The number of ether oxygens (including phenoxy) is 1. The van der Waals surface area contributed by atoms with Gasteiger partial charge in [-0.25, -0.2) is 8.42 Å². The third-order valence-electron chi connectivity index (χ3n) is 4.27. The van der Waals surface area contributed by atoms with Crippen LogP contribution in [0.25, 0.3) is 0 Å². The van der Waals surface area contributed by atoms with Crippen molar-refractivity contribution in [3.8, 4) is 5.75 Å². The standard InChI is InChI=1S/C16H21N5O3S/c1-21(13-7-8-25(22,23)11-13)16-19-15(10-18-20-16)17-9-12-5-3-4-6-14(12)24-2/h3-6,10,13H,7-9,11H2,1-2H3,(H,17,19,20). The van der Waals surface area contributed by atoms with Crippen molar-refractivity contribution in [1.29, 1.82) is 0 Å². The molecule has 25 heavy (non-hydrogen) atoms. The van der Waals surface area contributed by atoms with Gasteiger partial charge in [0.25, 0.3) is 0 Å². The minimum Gasteiger partial charge on any atom is -0.496 e. The van der Waals surface area contributed by atoms with Gasteiger partial charge in [-0.15, -0.1) is 5.10 Å². The van der Waals surface area contributed by atoms with E-state index in [0.717, 1.165) is 11.3 Å². The van der Waals surface area contributed by atoms with E-state index in [1.165, 1.54) is 6.20 Å². The first-order chi connectivity index (χ1) is 12.0. The predicted molar refractivity (Wildman–Crippen MR) is 95.6 cm³/mol. The highest BCUT2D eigenvalue weighted by atomic mass is 32.2.